The van der Waals surface area contributed by atoms with Gasteiger partial charge in [0.25, 0.3) is 11.6 Å². The molecule has 37 heavy (non-hydrogen) atoms. The van der Waals surface area contributed by atoms with Crippen molar-refractivity contribution in [1.82, 2.24) is 10.2 Å². The Morgan fingerprint density at radius 1 is 1.00 bits per heavy atom. The van der Waals surface area contributed by atoms with Gasteiger partial charge in [0.2, 0.25) is 5.91 Å². The lowest BCUT2D eigenvalue weighted by Crippen LogP contribution is -2.49. The monoisotopic (exact) mass is 521 g/mol. The van der Waals surface area contributed by atoms with Gasteiger partial charge in [-0.25, -0.2) is 0 Å². The first-order valence-corrected chi connectivity index (χ1v) is 12.2. The van der Waals surface area contributed by atoms with Crippen LogP contribution < -0.4 is 15.5 Å². The maximum atomic E-state index is 12.6. The molecular formula is C26H27N5O5S. The molecule has 3 aromatic rings. The number of benzene rings is 2. The first-order valence-electron chi connectivity index (χ1n) is 11.8. The molecule has 0 unspecified atom stereocenters. The first kappa shape index (κ1) is 25.8. The number of nitro groups is 1. The molecule has 2 aromatic carbocycles. The predicted molar refractivity (Wildman–Crippen MR) is 145 cm³/mol. The van der Waals surface area contributed by atoms with Crippen molar-refractivity contribution in [1.29, 1.82) is 0 Å². The van der Waals surface area contributed by atoms with Crippen LogP contribution in [0.1, 0.15) is 24.4 Å². The number of nitro benzene ring substituents is 1. The second-order valence-corrected chi connectivity index (χ2v) is 9.27. The second kappa shape index (κ2) is 11.2. The Hall–Kier alpha value is -4.25. The van der Waals surface area contributed by atoms with E-state index >= 15 is 0 Å². The van der Waals surface area contributed by atoms with Gasteiger partial charge < -0.3 is 19.5 Å². The molecule has 1 fully saturated rings. The minimum absolute atomic E-state index is 0.00128. The van der Waals surface area contributed by atoms with E-state index in [1.165, 1.54) is 18.2 Å². The van der Waals surface area contributed by atoms with E-state index in [-0.39, 0.29) is 39.7 Å². The van der Waals surface area contributed by atoms with Gasteiger partial charge in [-0.05, 0) is 54.7 Å². The van der Waals surface area contributed by atoms with Crippen molar-refractivity contribution in [3.63, 3.8) is 0 Å². The van der Waals surface area contributed by atoms with Crippen molar-refractivity contribution in [2.45, 2.75) is 13.8 Å². The highest BCUT2D eigenvalue weighted by Crippen LogP contribution is 2.30. The van der Waals surface area contributed by atoms with E-state index in [4.69, 9.17) is 16.6 Å². The number of thiocarbonyl (C=S) groups is 1. The molecule has 1 aliphatic rings. The third-order valence-corrected chi connectivity index (χ3v) is 6.20. The Morgan fingerprint density at radius 2 is 1.68 bits per heavy atom. The maximum Gasteiger partial charge on any atom is 0.293 e. The lowest BCUT2D eigenvalue weighted by molar-refractivity contribution is -0.384. The second-order valence-electron chi connectivity index (χ2n) is 8.86. The van der Waals surface area contributed by atoms with Gasteiger partial charge in [0.1, 0.15) is 5.76 Å². The SMILES string of the molecule is CC(C)C(=O)N1CCN(c2ccc(NC(=S)NC(=O)c3ccc(-c4ccccc4[N+](=O)[O-])o3)cc2)CC1. The van der Waals surface area contributed by atoms with Crippen LogP contribution in [0.25, 0.3) is 11.3 Å². The van der Waals surface area contributed by atoms with Crippen LogP contribution in [-0.2, 0) is 4.79 Å². The summed E-state index contributed by atoms with van der Waals surface area (Å²) < 4.78 is 5.56. The molecule has 0 bridgehead atoms. The van der Waals surface area contributed by atoms with Crippen LogP contribution in [0, 0.1) is 16.0 Å². The zero-order chi connectivity index (χ0) is 26.5. The molecule has 1 saturated heterocycles. The van der Waals surface area contributed by atoms with Gasteiger partial charge in [-0.3, -0.25) is 25.0 Å². The number of hydrogen-bond acceptors (Lipinski definition) is 7. The van der Waals surface area contributed by atoms with Crippen LogP contribution in [0.4, 0.5) is 17.1 Å². The van der Waals surface area contributed by atoms with Gasteiger partial charge in [0, 0.05) is 49.5 Å². The normalized spacial score (nSPS) is 13.4. The number of nitrogens with one attached hydrogen (secondary N) is 2. The average Bonchev–Trinajstić information content (AvgIpc) is 3.39. The Balaban J connectivity index is 1.31. The van der Waals surface area contributed by atoms with Crippen molar-refractivity contribution < 1.29 is 18.9 Å². The highest BCUT2D eigenvalue weighted by atomic mass is 32.1. The number of carbonyl (C=O) groups is 2. The molecule has 0 spiro atoms. The molecule has 0 radical (unpaired) electrons. The van der Waals surface area contributed by atoms with Crippen LogP contribution >= 0.6 is 12.2 Å². The smallest absolute Gasteiger partial charge is 0.293 e. The van der Waals surface area contributed by atoms with E-state index in [1.54, 1.807) is 18.2 Å². The summed E-state index contributed by atoms with van der Waals surface area (Å²) in [6.07, 6.45) is 0. The summed E-state index contributed by atoms with van der Waals surface area (Å²) in [5.41, 5.74) is 1.90. The quantitative estimate of drug-likeness (QED) is 0.280. The average molecular weight is 522 g/mol. The van der Waals surface area contributed by atoms with Crippen molar-refractivity contribution in [2.75, 3.05) is 36.4 Å². The summed E-state index contributed by atoms with van der Waals surface area (Å²) in [5, 5.41) is 16.9. The van der Waals surface area contributed by atoms with Gasteiger partial charge in [0.05, 0.1) is 10.5 Å². The Kier molecular flexibility index (Phi) is 7.83. The largest absolute Gasteiger partial charge is 0.451 e. The standard InChI is InChI=1S/C26H27N5O5S/c1-17(2)25(33)30-15-13-29(14-16-30)19-9-7-18(8-10-19)27-26(37)28-24(32)23-12-11-22(36-23)20-5-3-4-6-21(20)31(34)35/h3-12,17H,13-16H2,1-2H3,(H2,27,28,32,37). The van der Waals surface area contributed by atoms with Gasteiger partial charge in [-0.2, -0.15) is 0 Å². The molecule has 0 atom stereocenters. The number of rotatable bonds is 6. The van der Waals surface area contributed by atoms with Gasteiger partial charge in [0.15, 0.2) is 10.9 Å². The third kappa shape index (κ3) is 6.12. The van der Waals surface area contributed by atoms with E-state index in [0.717, 1.165) is 18.8 Å². The van der Waals surface area contributed by atoms with E-state index in [2.05, 4.69) is 15.5 Å². The first-order chi connectivity index (χ1) is 17.7. The lowest BCUT2D eigenvalue weighted by atomic mass is 10.1. The van der Waals surface area contributed by atoms with Crippen molar-refractivity contribution >= 4 is 46.2 Å². The number of furan rings is 1. The molecule has 1 aliphatic heterocycles. The summed E-state index contributed by atoms with van der Waals surface area (Å²) in [5.74, 6) is -0.208. The summed E-state index contributed by atoms with van der Waals surface area (Å²) >= 11 is 5.26. The van der Waals surface area contributed by atoms with Gasteiger partial charge in [-0.15, -0.1) is 0 Å². The number of anilines is 2. The Morgan fingerprint density at radius 3 is 2.32 bits per heavy atom. The van der Waals surface area contributed by atoms with Gasteiger partial charge >= 0.3 is 0 Å². The number of amides is 2. The molecule has 2 amide bonds. The summed E-state index contributed by atoms with van der Waals surface area (Å²) in [7, 11) is 0. The molecule has 0 saturated carbocycles. The van der Waals surface area contributed by atoms with Gasteiger partial charge in [-0.1, -0.05) is 26.0 Å². The third-order valence-electron chi connectivity index (χ3n) is 6.00. The molecule has 1 aromatic heterocycles. The Bertz CT molecular complexity index is 1310. The van der Waals surface area contributed by atoms with Crippen molar-refractivity contribution in [3.05, 3.63) is 76.5 Å². The van der Waals surface area contributed by atoms with Crippen LogP contribution in [0.3, 0.4) is 0 Å². The summed E-state index contributed by atoms with van der Waals surface area (Å²) in [6, 6.07) is 16.7. The van der Waals surface area contributed by atoms with Crippen molar-refractivity contribution in [2.24, 2.45) is 5.92 Å². The Labute approximate surface area is 219 Å². The number of piperazine rings is 1. The summed E-state index contributed by atoms with van der Waals surface area (Å²) in [6.45, 7) is 6.74. The van der Waals surface area contributed by atoms with Crippen LogP contribution in [0.15, 0.2) is 65.1 Å². The molecular weight excluding hydrogens is 494 g/mol. The highest BCUT2D eigenvalue weighted by molar-refractivity contribution is 7.80. The van der Waals surface area contributed by atoms with Crippen LogP contribution in [0.2, 0.25) is 0 Å². The minimum Gasteiger partial charge on any atom is -0.451 e. The fraction of sp³-hybridized carbons (Fsp3) is 0.269. The minimum atomic E-state index is -0.576. The van der Waals surface area contributed by atoms with Crippen molar-refractivity contribution in [3.8, 4) is 11.3 Å². The van der Waals surface area contributed by atoms with E-state index < -0.39 is 10.8 Å². The van der Waals surface area contributed by atoms with Crippen LogP contribution in [0.5, 0.6) is 0 Å². The van der Waals surface area contributed by atoms with E-state index in [1.807, 2.05) is 43.0 Å². The lowest BCUT2D eigenvalue weighted by Gasteiger charge is -2.37. The topological polar surface area (TPSA) is 121 Å². The molecule has 2 heterocycles. The number of para-hydroxylation sites is 1. The highest BCUT2D eigenvalue weighted by Gasteiger charge is 2.23. The number of hydrogen-bond donors (Lipinski definition) is 2. The molecule has 4 rings (SSSR count). The fourth-order valence-corrected chi connectivity index (χ4v) is 4.29. The number of nitrogens with zero attached hydrogens (tertiary/aromatic N) is 3. The number of carbonyl (C=O) groups excluding carboxylic acids is 2. The van der Waals surface area contributed by atoms with Crippen LogP contribution in [-0.4, -0.2) is 52.9 Å². The zero-order valence-corrected chi connectivity index (χ0v) is 21.3. The molecule has 0 aliphatic carbocycles. The zero-order valence-electron chi connectivity index (χ0n) is 20.5. The molecule has 11 heteroatoms. The fourth-order valence-electron chi connectivity index (χ4n) is 4.08. The maximum absolute atomic E-state index is 12.6. The molecule has 192 valence electrons. The van der Waals surface area contributed by atoms with E-state index in [9.17, 15) is 19.7 Å². The molecule has 10 nitrogen and oxygen atoms in total. The molecule has 2 N–H and O–H groups in total. The predicted octanol–water partition coefficient (Wildman–Crippen LogP) is 4.29. The van der Waals surface area contributed by atoms with E-state index in [0.29, 0.717) is 18.8 Å². The summed E-state index contributed by atoms with van der Waals surface area (Å²) in [4.78, 5) is 39.7.